The summed E-state index contributed by atoms with van der Waals surface area (Å²) in [5, 5.41) is 9.91. The van der Waals surface area contributed by atoms with E-state index in [9.17, 15) is 9.90 Å². The van der Waals surface area contributed by atoms with Crippen molar-refractivity contribution in [1.82, 2.24) is 0 Å². The van der Waals surface area contributed by atoms with Gasteiger partial charge >= 0.3 is 5.97 Å². The Hall–Kier alpha value is -0.180. The average Bonchev–Trinajstić information content (AvgIpc) is 2.53. The van der Waals surface area contributed by atoms with Gasteiger partial charge in [0.05, 0.1) is 5.92 Å². The fourth-order valence-electron chi connectivity index (χ4n) is 3.89. The highest BCUT2D eigenvalue weighted by Gasteiger charge is 2.42. The Balaban J connectivity index is 5.03. The average molecular weight is 345 g/mol. The molecule has 0 saturated carbocycles. The smallest absolute Gasteiger partial charge is 0.307 e. The van der Waals surface area contributed by atoms with Crippen LogP contribution in [0.5, 0.6) is 0 Å². The van der Waals surface area contributed by atoms with Crippen molar-refractivity contribution >= 4 is 18.6 Å². The molecule has 0 aromatic rings. The molecule has 0 bridgehead atoms. The lowest BCUT2D eigenvalue weighted by Gasteiger charge is -2.39. The van der Waals surface area contributed by atoms with E-state index in [4.69, 9.17) is 0 Å². The normalized spacial score (nSPS) is 14.7. The Bertz CT molecular complexity index is 288. The van der Waals surface area contributed by atoms with Crippen molar-refractivity contribution in [2.75, 3.05) is 5.75 Å². The van der Waals surface area contributed by atoms with Gasteiger partial charge in [-0.2, -0.15) is 12.6 Å². The zero-order chi connectivity index (χ0) is 17.7. The van der Waals surface area contributed by atoms with Gasteiger partial charge in [0.15, 0.2) is 0 Å². The maximum atomic E-state index is 12.0. The summed E-state index contributed by atoms with van der Waals surface area (Å²) < 4.78 is 0. The van der Waals surface area contributed by atoms with Crippen molar-refractivity contribution in [2.24, 2.45) is 17.3 Å². The lowest BCUT2D eigenvalue weighted by Crippen LogP contribution is -2.39. The van der Waals surface area contributed by atoms with Gasteiger partial charge in [-0.25, -0.2) is 0 Å². The van der Waals surface area contributed by atoms with Crippen LogP contribution in [0.25, 0.3) is 0 Å². The van der Waals surface area contributed by atoms with E-state index in [1.807, 2.05) is 0 Å². The molecule has 0 heterocycles. The van der Waals surface area contributed by atoms with Crippen molar-refractivity contribution in [1.29, 1.82) is 0 Å². The molecule has 0 aliphatic rings. The number of hydrogen-bond acceptors (Lipinski definition) is 2. The Labute approximate surface area is 150 Å². The maximum absolute atomic E-state index is 12.0. The van der Waals surface area contributed by atoms with E-state index in [2.05, 4.69) is 40.3 Å². The van der Waals surface area contributed by atoms with E-state index in [-0.39, 0.29) is 17.3 Å². The van der Waals surface area contributed by atoms with Gasteiger partial charge in [-0.05, 0) is 29.9 Å². The van der Waals surface area contributed by atoms with E-state index in [0.29, 0.717) is 5.75 Å². The largest absolute Gasteiger partial charge is 0.481 e. The third-order valence-corrected chi connectivity index (χ3v) is 5.92. The number of aliphatic carboxylic acids is 1. The predicted octanol–water partition coefficient (Wildman–Crippen LogP) is 6.59. The maximum Gasteiger partial charge on any atom is 0.307 e. The van der Waals surface area contributed by atoms with Crippen LogP contribution in [0.1, 0.15) is 98.3 Å². The van der Waals surface area contributed by atoms with Crippen LogP contribution in [-0.4, -0.2) is 16.8 Å². The minimum absolute atomic E-state index is 0.0866. The standard InChI is InChI=1S/C20H40O2S/c1-5-8-10-12-14-20(4,15-13-11-9-6-2)18(19(21)22)17(7-3)16-23/h17-18,23H,5-16H2,1-4H3,(H,21,22). The second kappa shape index (κ2) is 13.1. The molecule has 0 aromatic heterocycles. The molecule has 0 aliphatic heterocycles. The second-order valence-electron chi connectivity index (χ2n) is 7.44. The van der Waals surface area contributed by atoms with Gasteiger partial charge in [0.1, 0.15) is 0 Å². The number of carboxylic acid groups (broad SMARTS) is 1. The zero-order valence-corrected chi connectivity index (χ0v) is 16.8. The molecular weight excluding hydrogens is 304 g/mol. The number of hydrogen-bond donors (Lipinski definition) is 2. The quantitative estimate of drug-likeness (QED) is 0.260. The summed E-state index contributed by atoms with van der Waals surface area (Å²) >= 11 is 4.45. The number of unbranched alkanes of at least 4 members (excludes halogenated alkanes) is 6. The highest BCUT2D eigenvalue weighted by Crippen LogP contribution is 2.44. The van der Waals surface area contributed by atoms with Crippen LogP contribution in [0, 0.1) is 17.3 Å². The van der Waals surface area contributed by atoms with Crippen LogP contribution in [0.15, 0.2) is 0 Å². The van der Waals surface area contributed by atoms with Gasteiger partial charge < -0.3 is 5.11 Å². The molecule has 0 aliphatic carbocycles. The van der Waals surface area contributed by atoms with Crippen molar-refractivity contribution in [2.45, 2.75) is 98.3 Å². The molecule has 0 radical (unpaired) electrons. The number of carbonyl (C=O) groups is 1. The Morgan fingerprint density at radius 2 is 1.43 bits per heavy atom. The van der Waals surface area contributed by atoms with Gasteiger partial charge in [-0.1, -0.05) is 85.5 Å². The molecule has 0 amide bonds. The highest BCUT2D eigenvalue weighted by molar-refractivity contribution is 7.80. The summed E-state index contributed by atoms with van der Waals surface area (Å²) in [6.45, 7) is 8.78. The van der Waals surface area contributed by atoms with Crippen molar-refractivity contribution in [3.63, 3.8) is 0 Å². The van der Waals surface area contributed by atoms with Crippen molar-refractivity contribution in [3.05, 3.63) is 0 Å². The van der Waals surface area contributed by atoms with Gasteiger partial charge in [0, 0.05) is 0 Å². The zero-order valence-electron chi connectivity index (χ0n) is 15.9. The summed E-state index contributed by atoms with van der Waals surface area (Å²) in [6.07, 6.45) is 12.7. The molecule has 2 nitrogen and oxygen atoms in total. The summed E-state index contributed by atoms with van der Waals surface area (Å²) in [5.41, 5.74) is -0.0866. The SMILES string of the molecule is CCCCCCC(C)(CCCCCC)C(C(=O)O)C(CC)CS. The third kappa shape index (κ3) is 8.47. The molecule has 0 aromatic carbocycles. The number of carboxylic acids is 1. The molecule has 1 N–H and O–H groups in total. The first kappa shape index (κ1) is 22.8. The summed E-state index contributed by atoms with van der Waals surface area (Å²) in [7, 11) is 0. The van der Waals surface area contributed by atoms with Gasteiger partial charge in [-0.15, -0.1) is 0 Å². The molecule has 3 heteroatoms. The van der Waals surface area contributed by atoms with E-state index in [0.717, 1.165) is 32.1 Å². The first-order chi connectivity index (χ1) is 11.0. The Morgan fingerprint density at radius 3 is 1.74 bits per heavy atom. The Morgan fingerprint density at radius 1 is 0.957 bits per heavy atom. The molecule has 0 spiro atoms. The molecule has 0 fully saturated rings. The lowest BCUT2D eigenvalue weighted by atomic mass is 9.65. The summed E-state index contributed by atoms with van der Waals surface area (Å²) in [6, 6.07) is 0. The van der Waals surface area contributed by atoms with E-state index in [1.54, 1.807) is 0 Å². The number of rotatable bonds is 15. The minimum Gasteiger partial charge on any atom is -0.481 e. The summed E-state index contributed by atoms with van der Waals surface area (Å²) in [4.78, 5) is 12.0. The van der Waals surface area contributed by atoms with Crippen molar-refractivity contribution < 1.29 is 9.90 Å². The fraction of sp³-hybridized carbons (Fsp3) is 0.950. The van der Waals surface area contributed by atoms with Crippen LogP contribution in [0.2, 0.25) is 0 Å². The summed E-state index contributed by atoms with van der Waals surface area (Å²) in [5.74, 6) is -0.0155. The second-order valence-corrected chi connectivity index (χ2v) is 7.81. The fourth-order valence-corrected chi connectivity index (χ4v) is 4.36. The van der Waals surface area contributed by atoms with Crippen LogP contribution in [0.3, 0.4) is 0 Å². The van der Waals surface area contributed by atoms with Crippen LogP contribution >= 0.6 is 12.6 Å². The van der Waals surface area contributed by atoms with Crippen LogP contribution in [-0.2, 0) is 4.79 Å². The molecule has 0 rings (SSSR count). The van der Waals surface area contributed by atoms with Gasteiger partial charge in [0.2, 0.25) is 0 Å². The van der Waals surface area contributed by atoms with Crippen molar-refractivity contribution in [3.8, 4) is 0 Å². The van der Waals surface area contributed by atoms with E-state index < -0.39 is 5.97 Å². The molecular formula is C20H40O2S. The van der Waals surface area contributed by atoms with E-state index >= 15 is 0 Å². The molecule has 0 saturated heterocycles. The molecule has 2 atom stereocenters. The number of thiol groups is 1. The highest BCUT2D eigenvalue weighted by atomic mass is 32.1. The minimum atomic E-state index is -0.612. The van der Waals surface area contributed by atoms with Crippen LogP contribution in [0.4, 0.5) is 0 Å². The first-order valence-corrected chi connectivity index (χ1v) is 10.4. The van der Waals surface area contributed by atoms with Crippen LogP contribution < -0.4 is 0 Å². The lowest BCUT2D eigenvalue weighted by molar-refractivity contribution is -0.149. The van der Waals surface area contributed by atoms with E-state index in [1.165, 1.54) is 38.5 Å². The monoisotopic (exact) mass is 344 g/mol. The topological polar surface area (TPSA) is 37.3 Å². The van der Waals surface area contributed by atoms with Gasteiger partial charge in [-0.3, -0.25) is 4.79 Å². The van der Waals surface area contributed by atoms with Gasteiger partial charge in [0.25, 0.3) is 0 Å². The molecule has 138 valence electrons. The third-order valence-electron chi connectivity index (χ3n) is 5.45. The first-order valence-electron chi connectivity index (χ1n) is 9.80. The Kier molecular flexibility index (Phi) is 13.0. The molecule has 2 unspecified atom stereocenters. The predicted molar refractivity (Wildman–Crippen MR) is 104 cm³/mol. The molecule has 23 heavy (non-hydrogen) atoms.